The van der Waals surface area contributed by atoms with Crippen LogP contribution < -0.4 is 10.1 Å². The van der Waals surface area contributed by atoms with E-state index >= 15 is 0 Å². The molecule has 0 aliphatic carbocycles. The van der Waals surface area contributed by atoms with Crippen LogP contribution in [0.15, 0.2) is 42.2 Å². The van der Waals surface area contributed by atoms with Gasteiger partial charge < -0.3 is 10.1 Å². The number of ether oxygens (including phenoxy) is 1. The van der Waals surface area contributed by atoms with Crippen LogP contribution in [0.25, 0.3) is 6.08 Å². The van der Waals surface area contributed by atoms with Crippen molar-refractivity contribution in [1.29, 1.82) is 0 Å². The van der Waals surface area contributed by atoms with Gasteiger partial charge in [0.15, 0.2) is 0 Å². The van der Waals surface area contributed by atoms with Crippen LogP contribution in [0.4, 0.5) is 0 Å². The minimum Gasteiger partial charge on any atom is -0.489 e. The van der Waals surface area contributed by atoms with Gasteiger partial charge >= 0.3 is 0 Å². The summed E-state index contributed by atoms with van der Waals surface area (Å²) in [5.74, 6) is 0.894. The zero-order chi connectivity index (χ0) is 14.7. The molecule has 2 heterocycles. The van der Waals surface area contributed by atoms with Gasteiger partial charge in [-0.15, -0.1) is 0 Å². The number of aryl methyl sites for hydroxylation is 1. The Balaban J connectivity index is 1.61. The lowest BCUT2D eigenvalue weighted by atomic mass is 10.1. The fraction of sp³-hybridized carbons (Fsp3) is 0.235. The van der Waals surface area contributed by atoms with Crippen molar-refractivity contribution in [2.24, 2.45) is 0 Å². The number of hydrogen-bond acceptors (Lipinski definition) is 3. The highest BCUT2D eigenvalue weighted by molar-refractivity contribution is 6.30. The van der Waals surface area contributed by atoms with E-state index in [1.54, 1.807) is 0 Å². The lowest BCUT2D eigenvalue weighted by molar-refractivity contribution is 0.343. The Hall–Kier alpha value is -1.84. The van der Waals surface area contributed by atoms with Gasteiger partial charge in [0, 0.05) is 36.1 Å². The fourth-order valence-electron chi connectivity index (χ4n) is 2.38. The number of nitrogens with one attached hydrogen (secondary N) is 1. The Labute approximate surface area is 129 Å². The second kappa shape index (κ2) is 6.29. The van der Waals surface area contributed by atoms with E-state index in [2.05, 4.69) is 29.4 Å². The zero-order valence-electron chi connectivity index (χ0n) is 11.9. The Morgan fingerprint density at radius 1 is 1.24 bits per heavy atom. The van der Waals surface area contributed by atoms with Crippen molar-refractivity contribution >= 4 is 17.7 Å². The molecule has 4 heteroatoms. The first-order chi connectivity index (χ1) is 10.2. The molecule has 0 unspecified atom stereocenters. The highest BCUT2D eigenvalue weighted by atomic mass is 35.5. The van der Waals surface area contributed by atoms with E-state index < -0.39 is 0 Å². The first-order valence-electron chi connectivity index (χ1n) is 6.94. The summed E-state index contributed by atoms with van der Waals surface area (Å²) in [4.78, 5) is 4.20. The molecule has 108 valence electrons. The highest BCUT2D eigenvalue weighted by Gasteiger charge is 2.11. The second-order valence-corrected chi connectivity index (χ2v) is 5.68. The summed E-state index contributed by atoms with van der Waals surface area (Å²) >= 11 is 6.02. The lowest BCUT2D eigenvalue weighted by Gasteiger charge is -2.18. The van der Waals surface area contributed by atoms with Crippen LogP contribution in [0.2, 0.25) is 5.02 Å². The second-order valence-electron chi connectivity index (χ2n) is 5.25. The Morgan fingerprint density at radius 3 is 3.00 bits per heavy atom. The maximum Gasteiger partial charge on any atom is 0.127 e. The number of nitrogens with zero attached hydrogens (tertiary/aromatic N) is 1. The van der Waals surface area contributed by atoms with E-state index in [1.165, 1.54) is 16.7 Å². The largest absolute Gasteiger partial charge is 0.489 e. The molecule has 0 saturated carbocycles. The molecule has 0 fully saturated rings. The van der Waals surface area contributed by atoms with Crippen LogP contribution in [0, 0.1) is 6.92 Å². The third-order valence-corrected chi connectivity index (χ3v) is 3.59. The van der Waals surface area contributed by atoms with Gasteiger partial charge in [-0.2, -0.15) is 0 Å². The molecule has 3 rings (SSSR count). The van der Waals surface area contributed by atoms with Crippen molar-refractivity contribution in [3.8, 4) is 5.75 Å². The third-order valence-electron chi connectivity index (χ3n) is 3.36. The summed E-state index contributed by atoms with van der Waals surface area (Å²) in [6, 6.07) is 7.83. The van der Waals surface area contributed by atoms with Crippen LogP contribution in [-0.2, 0) is 6.54 Å². The summed E-state index contributed by atoms with van der Waals surface area (Å²) < 4.78 is 5.73. The van der Waals surface area contributed by atoms with E-state index in [9.17, 15) is 0 Å². The molecule has 1 aliphatic heterocycles. The number of halogens is 1. The number of rotatable bonds is 4. The molecule has 0 saturated heterocycles. The minimum atomic E-state index is 0.619. The molecule has 0 spiro atoms. The molecular formula is C17H17ClN2O. The first kappa shape index (κ1) is 14.1. The minimum absolute atomic E-state index is 0.619. The zero-order valence-corrected chi connectivity index (χ0v) is 12.7. The first-order valence-corrected chi connectivity index (χ1v) is 7.31. The number of aromatic nitrogens is 1. The number of benzene rings is 1. The maximum atomic E-state index is 6.02. The number of fused-ring (bicyclic) bond motifs is 1. The highest BCUT2D eigenvalue weighted by Crippen LogP contribution is 2.28. The monoisotopic (exact) mass is 300 g/mol. The van der Waals surface area contributed by atoms with E-state index in [0.717, 1.165) is 29.4 Å². The third kappa shape index (κ3) is 3.63. The molecule has 0 amide bonds. The van der Waals surface area contributed by atoms with Gasteiger partial charge in [-0.3, -0.25) is 4.98 Å². The normalized spacial score (nSPS) is 13.3. The molecule has 21 heavy (non-hydrogen) atoms. The summed E-state index contributed by atoms with van der Waals surface area (Å²) in [6.07, 6.45) is 5.90. The molecule has 0 radical (unpaired) electrons. The standard InChI is InChI=1S/C17H17ClN2O/c1-12-4-13(8-19-7-12)9-20-10-14-5-15-6-16(18)2-3-17(15)21-11-14/h2-8,20H,9-11H2,1H3. The van der Waals surface area contributed by atoms with E-state index in [1.807, 2.05) is 30.6 Å². The van der Waals surface area contributed by atoms with E-state index in [-0.39, 0.29) is 0 Å². The van der Waals surface area contributed by atoms with Gasteiger partial charge in [-0.25, -0.2) is 0 Å². The average molecular weight is 301 g/mol. The number of hydrogen-bond donors (Lipinski definition) is 1. The van der Waals surface area contributed by atoms with Crippen molar-refractivity contribution < 1.29 is 4.74 Å². The van der Waals surface area contributed by atoms with Crippen molar-refractivity contribution in [3.63, 3.8) is 0 Å². The predicted octanol–water partition coefficient (Wildman–Crippen LogP) is 3.61. The molecular weight excluding hydrogens is 284 g/mol. The van der Waals surface area contributed by atoms with Crippen LogP contribution in [0.1, 0.15) is 16.7 Å². The summed E-state index contributed by atoms with van der Waals surface area (Å²) in [6.45, 7) is 4.26. The molecule has 2 aromatic rings. The van der Waals surface area contributed by atoms with Crippen LogP contribution in [0.3, 0.4) is 0 Å². The SMILES string of the molecule is Cc1cncc(CNCC2=Cc3cc(Cl)ccc3OC2)c1. The van der Waals surface area contributed by atoms with E-state index in [4.69, 9.17) is 16.3 Å². The van der Waals surface area contributed by atoms with Crippen molar-refractivity contribution in [1.82, 2.24) is 10.3 Å². The fourth-order valence-corrected chi connectivity index (χ4v) is 2.56. The predicted molar refractivity (Wildman–Crippen MR) is 85.6 cm³/mol. The van der Waals surface area contributed by atoms with Crippen molar-refractivity contribution in [2.45, 2.75) is 13.5 Å². The molecule has 1 aromatic heterocycles. The van der Waals surface area contributed by atoms with Gasteiger partial charge in [0.05, 0.1) is 0 Å². The van der Waals surface area contributed by atoms with Crippen LogP contribution >= 0.6 is 11.6 Å². The van der Waals surface area contributed by atoms with Gasteiger partial charge in [-0.05, 0) is 47.9 Å². The quantitative estimate of drug-likeness (QED) is 0.936. The van der Waals surface area contributed by atoms with Crippen molar-refractivity contribution in [2.75, 3.05) is 13.2 Å². The molecule has 3 nitrogen and oxygen atoms in total. The molecule has 1 N–H and O–H groups in total. The summed E-state index contributed by atoms with van der Waals surface area (Å²) in [5, 5.41) is 4.15. The van der Waals surface area contributed by atoms with Gasteiger partial charge in [0.1, 0.15) is 12.4 Å². The molecule has 1 aromatic carbocycles. The Bertz CT molecular complexity index is 682. The molecule has 1 aliphatic rings. The van der Waals surface area contributed by atoms with Crippen LogP contribution in [0.5, 0.6) is 5.75 Å². The molecule has 0 bridgehead atoms. The Kier molecular flexibility index (Phi) is 4.23. The van der Waals surface area contributed by atoms with Gasteiger partial charge in [0.2, 0.25) is 0 Å². The maximum absolute atomic E-state index is 6.02. The average Bonchev–Trinajstić information content (AvgIpc) is 2.47. The van der Waals surface area contributed by atoms with Crippen LogP contribution in [-0.4, -0.2) is 18.1 Å². The van der Waals surface area contributed by atoms with Crippen molar-refractivity contribution in [3.05, 3.63) is 63.9 Å². The smallest absolute Gasteiger partial charge is 0.127 e. The lowest BCUT2D eigenvalue weighted by Crippen LogP contribution is -2.21. The summed E-state index contributed by atoms with van der Waals surface area (Å²) in [7, 11) is 0. The van der Waals surface area contributed by atoms with Gasteiger partial charge in [-0.1, -0.05) is 17.7 Å². The molecule has 0 atom stereocenters. The Morgan fingerprint density at radius 2 is 2.14 bits per heavy atom. The topological polar surface area (TPSA) is 34.2 Å². The summed E-state index contributed by atoms with van der Waals surface area (Å²) in [5.41, 5.74) is 4.63. The number of pyridine rings is 1. The van der Waals surface area contributed by atoms with Gasteiger partial charge in [0.25, 0.3) is 0 Å². The van der Waals surface area contributed by atoms with E-state index in [0.29, 0.717) is 6.61 Å².